The summed E-state index contributed by atoms with van der Waals surface area (Å²) >= 11 is 0. The van der Waals surface area contributed by atoms with Gasteiger partial charge in [0.1, 0.15) is 24.0 Å². The molecule has 2 atom stereocenters. The van der Waals surface area contributed by atoms with Crippen molar-refractivity contribution < 1.29 is 23.8 Å². The largest absolute Gasteiger partial charge is 0.489 e. The third-order valence-corrected chi connectivity index (χ3v) is 4.82. The highest BCUT2D eigenvalue weighted by Crippen LogP contribution is 2.20. The number of carbonyl (C=O) groups excluding carboxylic acids is 1. The number of allylic oxidation sites excluding steroid dienone is 1. The van der Waals surface area contributed by atoms with Crippen molar-refractivity contribution >= 4 is 16.9 Å². The first-order valence-corrected chi connectivity index (χ1v) is 10.6. The zero-order chi connectivity index (χ0) is 23.7. The Morgan fingerprint density at radius 1 is 1.09 bits per heavy atom. The predicted molar refractivity (Wildman–Crippen MR) is 126 cm³/mol. The SMILES string of the molecule is CC(=O)OC(CC=C(C)C)C(C)=C[C@@H](O)CC(C)=CCOc1ccc2ccc(=O)oc2c1. The average Bonchev–Trinajstić information content (AvgIpc) is 2.70. The average molecular weight is 441 g/mol. The van der Waals surface area contributed by atoms with Crippen LogP contribution in [0.5, 0.6) is 5.75 Å². The quantitative estimate of drug-likeness (QED) is 0.314. The van der Waals surface area contributed by atoms with E-state index in [1.54, 1.807) is 18.2 Å². The molecule has 0 saturated heterocycles. The molecule has 6 nitrogen and oxygen atoms in total. The van der Waals surface area contributed by atoms with Crippen molar-refractivity contribution in [2.45, 2.75) is 59.7 Å². The van der Waals surface area contributed by atoms with Crippen molar-refractivity contribution in [3.05, 3.63) is 75.7 Å². The van der Waals surface area contributed by atoms with E-state index < -0.39 is 17.8 Å². The van der Waals surface area contributed by atoms with Gasteiger partial charge in [0.25, 0.3) is 0 Å². The van der Waals surface area contributed by atoms with Gasteiger partial charge in [-0.2, -0.15) is 0 Å². The third-order valence-electron chi connectivity index (χ3n) is 4.82. The Kier molecular flexibility index (Phi) is 9.47. The second-order valence-corrected chi connectivity index (χ2v) is 8.11. The van der Waals surface area contributed by atoms with E-state index in [1.165, 1.54) is 13.0 Å². The summed E-state index contributed by atoms with van der Waals surface area (Å²) in [6.45, 7) is 9.46. The summed E-state index contributed by atoms with van der Waals surface area (Å²) in [5.74, 6) is 0.247. The van der Waals surface area contributed by atoms with Gasteiger partial charge in [0.15, 0.2) is 0 Å². The van der Waals surface area contributed by atoms with Gasteiger partial charge in [-0.15, -0.1) is 0 Å². The van der Waals surface area contributed by atoms with Crippen molar-refractivity contribution in [3.63, 3.8) is 0 Å². The zero-order valence-corrected chi connectivity index (χ0v) is 19.4. The van der Waals surface area contributed by atoms with Crippen LogP contribution >= 0.6 is 0 Å². The van der Waals surface area contributed by atoms with E-state index in [0.29, 0.717) is 30.8 Å². The third kappa shape index (κ3) is 8.55. The number of hydrogen-bond donors (Lipinski definition) is 1. The van der Waals surface area contributed by atoms with Crippen molar-refractivity contribution in [2.75, 3.05) is 6.61 Å². The monoisotopic (exact) mass is 440 g/mol. The highest BCUT2D eigenvalue weighted by molar-refractivity contribution is 5.77. The molecule has 172 valence electrons. The van der Waals surface area contributed by atoms with E-state index in [1.807, 2.05) is 52.0 Å². The number of benzene rings is 1. The standard InChI is InChI=1S/C26H32O6/c1-17(2)6-10-24(31-20(5)27)19(4)15-22(28)14-18(3)12-13-30-23-9-7-21-8-11-26(29)32-25(21)16-23/h6-9,11-12,15-16,22,24,28H,10,13-14H2,1-5H3/t22-,24?/m0/s1. The molecule has 1 aromatic heterocycles. The summed E-state index contributed by atoms with van der Waals surface area (Å²) in [7, 11) is 0. The minimum absolute atomic E-state index is 0.320. The molecule has 0 radical (unpaired) electrons. The van der Waals surface area contributed by atoms with Gasteiger partial charge < -0.3 is 19.0 Å². The minimum atomic E-state index is -0.703. The molecule has 1 heterocycles. The highest BCUT2D eigenvalue weighted by atomic mass is 16.5. The lowest BCUT2D eigenvalue weighted by atomic mass is 10.0. The summed E-state index contributed by atoms with van der Waals surface area (Å²) in [5.41, 5.74) is 2.98. The van der Waals surface area contributed by atoms with E-state index in [0.717, 1.165) is 22.1 Å². The number of aliphatic hydroxyl groups excluding tert-OH is 1. The molecule has 0 aliphatic heterocycles. The summed E-state index contributed by atoms with van der Waals surface area (Å²) in [6.07, 6.45) is 5.55. The predicted octanol–water partition coefficient (Wildman–Crippen LogP) is 5.10. The van der Waals surface area contributed by atoms with E-state index in [4.69, 9.17) is 13.9 Å². The van der Waals surface area contributed by atoms with Gasteiger partial charge in [0, 0.05) is 30.9 Å². The van der Waals surface area contributed by atoms with Crippen LogP contribution in [0.3, 0.4) is 0 Å². The minimum Gasteiger partial charge on any atom is -0.489 e. The summed E-state index contributed by atoms with van der Waals surface area (Å²) in [4.78, 5) is 22.8. The molecule has 0 saturated carbocycles. The first-order chi connectivity index (χ1) is 15.1. The lowest BCUT2D eigenvalue weighted by Gasteiger charge is -2.18. The van der Waals surface area contributed by atoms with Crippen LogP contribution in [0.2, 0.25) is 0 Å². The number of hydrogen-bond acceptors (Lipinski definition) is 6. The molecule has 0 aliphatic rings. The molecule has 1 N–H and O–H groups in total. The first-order valence-electron chi connectivity index (χ1n) is 10.6. The molecule has 0 spiro atoms. The maximum atomic E-state index is 11.4. The van der Waals surface area contributed by atoms with Crippen LogP contribution in [0.15, 0.2) is 74.5 Å². The van der Waals surface area contributed by atoms with Crippen LogP contribution in [-0.2, 0) is 9.53 Å². The van der Waals surface area contributed by atoms with Crippen LogP contribution in [0.4, 0.5) is 0 Å². The number of carbonyl (C=O) groups is 1. The van der Waals surface area contributed by atoms with Gasteiger partial charge in [0.2, 0.25) is 0 Å². The second-order valence-electron chi connectivity index (χ2n) is 8.11. The van der Waals surface area contributed by atoms with Crippen molar-refractivity contribution in [3.8, 4) is 5.75 Å². The Morgan fingerprint density at radius 3 is 2.50 bits per heavy atom. The first kappa shape index (κ1) is 25.1. The van der Waals surface area contributed by atoms with E-state index in [-0.39, 0.29) is 5.97 Å². The fourth-order valence-corrected chi connectivity index (χ4v) is 3.16. The number of fused-ring (bicyclic) bond motifs is 1. The fourth-order valence-electron chi connectivity index (χ4n) is 3.16. The van der Waals surface area contributed by atoms with Crippen molar-refractivity contribution in [1.29, 1.82) is 0 Å². The Labute approximate surface area is 188 Å². The maximum Gasteiger partial charge on any atom is 0.336 e. The van der Waals surface area contributed by atoms with Gasteiger partial charge in [-0.25, -0.2) is 4.79 Å². The van der Waals surface area contributed by atoms with Gasteiger partial charge in [0.05, 0.1) is 6.10 Å². The fraction of sp³-hybridized carbons (Fsp3) is 0.385. The molecule has 0 amide bonds. The Hall–Kier alpha value is -3.12. The zero-order valence-electron chi connectivity index (χ0n) is 19.4. The molecule has 2 aromatic rings. The van der Waals surface area contributed by atoms with Gasteiger partial charge in [-0.1, -0.05) is 23.3 Å². The number of rotatable bonds is 10. The molecule has 1 aromatic carbocycles. The summed E-state index contributed by atoms with van der Waals surface area (Å²) in [5, 5.41) is 11.3. The number of aliphatic hydroxyl groups is 1. The Morgan fingerprint density at radius 2 is 1.81 bits per heavy atom. The van der Waals surface area contributed by atoms with Crippen LogP contribution in [0.25, 0.3) is 11.0 Å². The van der Waals surface area contributed by atoms with E-state index in [2.05, 4.69) is 0 Å². The molecule has 0 aliphatic carbocycles. The molecule has 32 heavy (non-hydrogen) atoms. The van der Waals surface area contributed by atoms with Gasteiger partial charge in [-0.05, 0) is 64.0 Å². The van der Waals surface area contributed by atoms with Crippen LogP contribution in [-0.4, -0.2) is 29.9 Å². The number of ether oxygens (including phenoxy) is 2. The van der Waals surface area contributed by atoms with Gasteiger partial charge >= 0.3 is 11.6 Å². The highest BCUT2D eigenvalue weighted by Gasteiger charge is 2.14. The second kappa shape index (κ2) is 12.1. The van der Waals surface area contributed by atoms with Crippen LogP contribution in [0, 0.1) is 0 Å². The smallest absolute Gasteiger partial charge is 0.336 e. The topological polar surface area (TPSA) is 86.0 Å². The summed E-state index contributed by atoms with van der Waals surface area (Å²) < 4.78 is 16.3. The molecule has 2 rings (SSSR count). The summed E-state index contributed by atoms with van der Waals surface area (Å²) in [6, 6.07) is 8.41. The molecule has 1 unspecified atom stereocenters. The van der Waals surface area contributed by atoms with Crippen LogP contribution in [0.1, 0.15) is 47.5 Å². The van der Waals surface area contributed by atoms with Crippen LogP contribution < -0.4 is 10.4 Å². The molecule has 0 fully saturated rings. The molecular formula is C26H32O6. The van der Waals surface area contributed by atoms with Crippen molar-refractivity contribution in [2.24, 2.45) is 0 Å². The maximum absolute atomic E-state index is 11.4. The molecule has 6 heteroatoms. The van der Waals surface area contributed by atoms with E-state index in [9.17, 15) is 14.7 Å². The number of esters is 1. The lowest BCUT2D eigenvalue weighted by Crippen LogP contribution is -2.19. The molecular weight excluding hydrogens is 408 g/mol. The van der Waals surface area contributed by atoms with Crippen molar-refractivity contribution in [1.82, 2.24) is 0 Å². The van der Waals surface area contributed by atoms with E-state index >= 15 is 0 Å². The normalized spacial score (nSPS) is 14.1. The lowest BCUT2D eigenvalue weighted by molar-refractivity contribution is -0.144. The Bertz CT molecular complexity index is 1070. The van der Waals surface area contributed by atoms with Gasteiger partial charge in [-0.3, -0.25) is 4.79 Å². The molecule has 0 bridgehead atoms. The Balaban J connectivity index is 1.95.